The number of likely N-dealkylation sites (N-methyl/N-ethyl adjacent to an activating group) is 1. The summed E-state index contributed by atoms with van der Waals surface area (Å²) < 4.78 is 0. The van der Waals surface area contributed by atoms with Crippen LogP contribution in [0.1, 0.15) is 39.5 Å². The van der Waals surface area contributed by atoms with E-state index in [0.29, 0.717) is 13.0 Å². The van der Waals surface area contributed by atoms with Gasteiger partial charge in [-0.3, -0.25) is 5.84 Å². The van der Waals surface area contributed by atoms with Gasteiger partial charge in [-0.25, -0.2) is 9.80 Å². The molecule has 5 N–H and O–H groups in total. The van der Waals surface area contributed by atoms with Crippen LogP contribution in [0.15, 0.2) is 0 Å². The number of hydrazine groups is 1. The number of hydrogen-bond donors (Lipinski definition) is 3. The third-order valence-corrected chi connectivity index (χ3v) is 2.39. The van der Waals surface area contributed by atoms with Crippen LogP contribution in [0.5, 0.6) is 0 Å². The monoisotopic (exact) mass is 239 g/mol. The second-order valence-electron chi connectivity index (χ2n) is 3.47. The van der Waals surface area contributed by atoms with Gasteiger partial charge in [-0.2, -0.15) is 0 Å². The summed E-state index contributed by atoms with van der Waals surface area (Å²) in [4.78, 5) is 11.0. The Hall–Kier alpha value is -0.360. The molecule has 6 heteroatoms. The fourth-order valence-corrected chi connectivity index (χ4v) is 1.30. The molecule has 15 heavy (non-hydrogen) atoms. The lowest BCUT2D eigenvalue weighted by Gasteiger charge is -2.33. The van der Waals surface area contributed by atoms with Gasteiger partial charge >= 0.3 is 5.97 Å². The molecular weight excluding hydrogens is 218 g/mol. The van der Waals surface area contributed by atoms with E-state index in [-0.39, 0.29) is 12.4 Å². The van der Waals surface area contributed by atoms with Gasteiger partial charge in [0.2, 0.25) is 0 Å². The molecule has 5 nitrogen and oxygen atoms in total. The molecule has 0 radical (unpaired) electrons. The van der Waals surface area contributed by atoms with Crippen LogP contribution in [0, 0.1) is 0 Å². The summed E-state index contributed by atoms with van der Waals surface area (Å²) >= 11 is 0. The lowest BCUT2D eigenvalue weighted by molar-refractivity contribution is -0.152. The van der Waals surface area contributed by atoms with Crippen molar-refractivity contribution < 1.29 is 9.90 Å². The number of rotatable bonds is 7. The Morgan fingerprint density at radius 2 is 1.93 bits per heavy atom. The Morgan fingerprint density at radius 3 is 2.27 bits per heavy atom. The standard InChI is InChI=1S/C9H21N3O2.ClH/c1-3-5-6-7-9(10,8(13)14)12(11)4-2;/h3-7,10-11H2,1-2H3,(H,13,14);1H/t9-;/m1./s1. The van der Waals surface area contributed by atoms with E-state index >= 15 is 0 Å². The Kier molecular flexibility index (Phi) is 8.95. The molecule has 0 aromatic carbocycles. The Balaban J connectivity index is 0. The van der Waals surface area contributed by atoms with Crippen LogP contribution in [0.3, 0.4) is 0 Å². The fourth-order valence-electron chi connectivity index (χ4n) is 1.30. The van der Waals surface area contributed by atoms with Gasteiger partial charge in [0.15, 0.2) is 5.66 Å². The highest BCUT2D eigenvalue weighted by atomic mass is 35.5. The minimum absolute atomic E-state index is 0. The van der Waals surface area contributed by atoms with Crippen molar-refractivity contribution in [1.29, 1.82) is 0 Å². The predicted molar refractivity (Wildman–Crippen MR) is 62.5 cm³/mol. The number of nitrogens with zero attached hydrogens (tertiary/aromatic N) is 1. The molecule has 0 heterocycles. The van der Waals surface area contributed by atoms with Crippen molar-refractivity contribution in [3.63, 3.8) is 0 Å². The lowest BCUT2D eigenvalue weighted by Crippen LogP contribution is -2.64. The first-order valence-corrected chi connectivity index (χ1v) is 5.03. The van der Waals surface area contributed by atoms with Gasteiger partial charge < -0.3 is 10.8 Å². The van der Waals surface area contributed by atoms with Crippen molar-refractivity contribution in [2.75, 3.05) is 6.54 Å². The first-order chi connectivity index (χ1) is 6.49. The van der Waals surface area contributed by atoms with Crippen LogP contribution in [0.2, 0.25) is 0 Å². The molecule has 0 spiro atoms. The predicted octanol–water partition coefficient (Wildman–Crippen LogP) is 0.924. The third-order valence-electron chi connectivity index (χ3n) is 2.39. The maximum Gasteiger partial charge on any atom is 0.340 e. The topological polar surface area (TPSA) is 92.6 Å². The quantitative estimate of drug-likeness (QED) is 0.266. The van der Waals surface area contributed by atoms with E-state index in [1.807, 2.05) is 0 Å². The second-order valence-corrected chi connectivity index (χ2v) is 3.47. The average Bonchev–Trinajstić information content (AvgIpc) is 2.16. The molecule has 92 valence electrons. The zero-order valence-corrected chi connectivity index (χ0v) is 10.2. The number of nitrogens with two attached hydrogens (primary N) is 2. The smallest absolute Gasteiger partial charge is 0.340 e. The van der Waals surface area contributed by atoms with Gasteiger partial charge in [0.1, 0.15) is 0 Å². The van der Waals surface area contributed by atoms with Gasteiger partial charge in [-0.1, -0.05) is 26.7 Å². The van der Waals surface area contributed by atoms with Gasteiger partial charge in [0, 0.05) is 6.54 Å². The molecule has 0 fully saturated rings. The van der Waals surface area contributed by atoms with Crippen LogP contribution in [0.25, 0.3) is 0 Å². The maximum absolute atomic E-state index is 11.0. The molecule has 0 amide bonds. The molecule has 0 aromatic heterocycles. The van der Waals surface area contributed by atoms with Crippen molar-refractivity contribution >= 4 is 18.4 Å². The van der Waals surface area contributed by atoms with E-state index in [1.165, 1.54) is 5.01 Å². The van der Waals surface area contributed by atoms with Crippen molar-refractivity contribution in [1.82, 2.24) is 5.01 Å². The van der Waals surface area contributed by atoms with Gasteiger partial charge in [0.05, 0.1) is 0 Å². The summed E-state index contributed by atoms with van der Waals surface area (Å²) in [6.07, 6.45) is 3.18. The number of halogens is 1. The van der Waals surface area contributed by atoms with Gasteiger partial charge in [0.25, 0.3) is 0 Å². The SMILES string of the molecule is CCCCC[C@](N)(C(=O)O)N(N)CC.Cl. The van der Waals surface area contributed by atoms with E-state index < -0.39 is 11.6 Å². The van der Waals surface area contributed by atoms with E-state index in [2.05, 4.69) is 6.92 Å². The zero-order valence-electron chi connectivity index (χ0n) is 9.40. The van der Waals surface area contributed by atoms with Crippen LogP contribution in [-0.4, -0.2) is 28.3 Å². The molecule has 0 unspecified atom stereocenters. The van der Waals surface area contributed by atoms with E-state index in [4.69, 9.17) is 16.7 Å². The van der Waals surface area contributed by atoms with E-state index in [0.717, 1.165) is 19.3 Å². The van der Waals surface area contributed by atoms with Gasteiger partial charge in [-0.15, -0.1) is 12.4 Å². The molecule has 0 saturated heterocycles. The van der Waals surface area contributed by atoms with Crippen LogP contribution in [-0.2, 0) is 4.79 Å². The maximum atomic E-state index is 11.0. The normalized spacial score (nSPS) is 14.5. The van der Waals surface area contributed by atoms with Crippen molar-refractivity contribution in [2.24, 2.45) is 11.6 Å². The van der Waals surface area contributed by atoms with Crippen molar-refractivity contribution in [3.05, 3.63) is 0 Å². The van der Waals surface area contributed by atoms with Crippen LogP contribution < -0.4 is 11.6 Å². The molecule has 0 saturated carbocycles. The van der Waals surface area contributed by atoms with E-state index in [1.54, 1.807) is 6.92 Å². The summed E-state index contributed by atoms with van der Waals surface area (Å²) in [7, 11) is 0. The molecule has 0 bridgehead atoms. The van der Waals surface area contributed by atoms with Crippen LogP contribution >= 0.6 is 12.4 Å². The molecule has 1 atom stereocenters. The van der Waals surface area contributed by atoms with Crippen LogP contribution in [0.4, 0.5) is 0 Å². The first kappa shape index (κ1) is 17.0. The first-order valence-electron chi connectivity index (χ1n) is 5.03. The summed E-state index contributed by atoms with van der Waals surface area (Å²) in [5.41, 5.74) is 4.32. The summed E-state index contributed by atoms with van der Waals surface area (Å²) in [6.45, 7) is 4.26. The molecule has 0 aliphatic carbocycles. The molecular formula is C9H22ClN3O2. The largest absolute Gasteiger partial charge is 0.479 e. The molecule has 0 aliphatic rings. The minimum Gasteiger partial charge on any atom is -0.479 e. The molecule has 0 rings (SSSR count). The highest BCUT2D eigenvalue weighted by Crippen LogP contribution is 2.15. The third kappa shape index (κ3) is 4.79. The molecule has 0 aromatic rings. The fraction of sp³-hybridized carbons (Fsp3) is 0.889. The number of aliphatic carboxylic acids is 1. The zero-order chi connectivity index (χ0) is 11.2. The molecule has 0 aliphatic heterocycles. The average molecular weight is 240 g/mol. The minimum atomic E-state index is -1.41. The lowest BCUT2D eigenvalue weighted by atomic mass is 10.0. The summed E-state index contributed by atoms with van der Waals surface area (Å²) in [5, 5.41) is 10.2. The number of carbonyl (C=O) groups is 1. The Morgan fingerprint density at radius 1 is 1.40 bits per heavy atom. The second kappa shape index (κ2) is 7.87. The number of hydrogen-bond acceptors (Lipinski definition) is 4. The highest BCUT2D eigenvalue weighted by Gasteiger charge is 2.37. The summed E-state index contributed by atoms with van der Waals surface area (Å²) in [5.74, 6) is 4.50. The highest BCUT2D eigenvalue weighted by molar-refractivity contribution is 5.85. The van der Waals surface area contributed by atoms with E-state index in [9.17, 15) is 4.79 Å². The van der Waals surface area contributed by atoms with Gasteiger partial charge in [-0.05, 0) is 12.8 Å². The Labute approximate surface area is 97.2 Å². The van der Waals surface area contributed by atoms with Crippen molar-refractivity contribution in [3.8, 4) is 0 Å². The number of unbranched alkanes of at least 4 members (excludes halogenated alkanes) is 2. The van der Waals surface area contributed by atoms with Crippen molar-refractivity contribution in [2.45, 2.75) is 45.2 Å². The number of carboxylic acid groups (broad SMARTS) is 1. The summed E-state index contributed by atoms with van der Waals surface area (Å²) in [6, 6.07) is 0. The Bertz CT molecular complexity index is 192. The number of carboxylic acids is 1.